The van der Waals surface area contributed by atoms with Crippen LogP contribution in [0.25, 0.3) is 0 Å². The molecule has 22 heavy (non-hydrogen) atoms. The van der Waals surface area contributed by atoms with Gasteiger partial charge >= 0.3 is 0 Å². The smallest absolute Gasteiger partial charge is 0.241 e. The Morgan fingerprint density at radius 2 is 1.77 bits per heavy atom. The summed E-state index contributed by atoms with van der Waals surface area (Å²) in [5.41, 5.74) is -0.527. The number of methoxy groups -OCH3 is 1. The number of sulfone groups is 1. The van der Waals surface area contributed by atoms with E-state index in [0.717, 1.165) is 0 Å². The number of piperidine rings is 1. The zero-order valence-electron chi connectivity index (χ0n) is 14.2. The van der Waals surface area contributed by atoms with Crippen molar-refractivity contribution in [2.24, 2.45) is 5.41 Å². The van der Waals surface area contributed by atoms with Crippen molar-refractivity contribution in [3.05, 3.63) is 0 Å². The van der Waals surface area contributed by atoms with Crippen molar-refractivity contribution in [2.45, 2.75) is 56.4 Å². The zero-order chi connectivity index (χ0) is 16.8. The molecule has 2 rings (SSSR count). The Bertz CT molecular complexity index is 552. The molecule has 1 saturated carbocycles. The molecule has 1 saturated heterocycles. The molecule has 1 amide bonds. The number of amides is 1. The minimum Gasteiger partial charge on any atom is -0.378 e. The van der Waals surface area contributed by atoms with Crippen LogP contribution in [0.15, 0.2) is 0 Å². The highest BCUT2D eigenvalue weighted by Gasteiger charge is 2.60. The van der Waals surface area contributed by atoms with Crippen molar-refractivity contribution < 1.29 is 17.9 Å². The third-order valence-electron chi connectivity index (χ3n) is 6.12. The van der Waals surface area contributed by atoms with Crippen molar-refractivity contribution in [3.8, 4) is 0 Å². The van der Waals surface area contributed by atoms with Gasteiger partial charge in [0, 0.05) is 24.8 Å². The van der Waals surface area contributed by atoms with Crippen LogP contribution in [-0.2, 0) is 19.4 Å². The molecule has 0 spiro atoms. The summed E-state index contributed by atoms with van der Waals surface area (Å²) in [6.45, 7) is 7.20. The van der Waals surface area contributed by atoms with E-state index >= 15 is 0 Å². The SMILES string of the molecule is COC1(C)CC(NC(=O)C2(S(C)(=O)=O)CCNCC2)C1(C)C. The topological polar surface area (TPSA) is 84.5 Å². The number of hydrogen-bond acceptors (Lipinski definition) is 5. The molecule has 0 aromatic carbocycles. The molecule has 0 radical (unpaired) electrons. The van der Waals surface area contributed by atoms with Crippen molar-refractivity contribution in [1.82, 2.24) is 10.6 Å². The van der Waals surface area contributed by atoms with E-state index < -0.39 is 14.6 Å². The number of nitrogens with one attached hydrogen (secondary N) is 2. The Labute approximate surface area is 133 Å². The molecule has 0 bridgehead atoms. The summed E-state index contributed by atoms with van der Waals surface area (Å²) in [6.07, 6.45) is 2.52. The van der Waals surface area contributed by atoms with Crippen LogP contribution in [0, 0.1) is 5.41 Å². The van der Waals surface area contributed by atoms with Gasteiger partial charge in [-0.3, -0.25) is 4.79 Å². The Hall–Kier alpha value is -0.660. The van der Waals surface area contributed by atoms with Crippen LogP contribution in [-0.4, -0.2) is 57.2 Å². The van der Waals surface area contributed by atoms with Crippen molar-refractivity contribution in [3.63, 3.8) is 0 Å². The van der Waals surface area contributed by atoms with E-state index in [1.54, 1.807) is 7.11 Å². The molecule has 2 fully saturated rings. The molecular formula is C15H28N2O4S. The first-order valence-electron chi connectivity index (χ1n) is 7.77. The second kappa shape index (κ2) is 5.46. The van der Waals surface area contributed by atoms with Crippen LogP contribution in [0.1, 0.15) is 40.0 Å². The number of ether oxygens (including phenoxy) is 1. The molecule has 1 heterocycles. The Morgan fingerprint density at radius 1 is 1.23 bits per heavy atom. The van der Waals surface area contributed by atoms with Gasteiger partial charge < -0.3 is 15.4 Å². The van der Waals surface area contributed by atoms with Gasteiger partial charge in [0.05, 0.1) is 5.60 Å². The molecule has 128 valence electrons. The number of rotatable bonds is 4. The van der Waals surface area contributed by atoms with Crippen LogP contribution < -0.4 is 10.6 Å². The second-order valence-corrected chi connectivity index (χ2v) is 9.73. The fourth-order valence-corrected chi connectivity index (χ4v) is 4.95. The first kappa shape index (κ1) is 17.7. The molecular weight excluding hydrogens is 304 g/mol. The first-order chi connectivity index (χ1) is 10.0. The summed E-state index contributed by atoms with van der Waals surface area (Å²) < 4.78 is 28.8. The molecule has 2 N–H and O–H groups in total. The van der Waals surface area contributed by atoms with Crippen molar-refractivity contribution in [1.29, 1.82) is 0 Å². The van der Waals surface area contributed by atoms with E-state index in [4.69, 9.17) is 4.74 Å². The summed E-state index contributed by atoms with van der Waals surface area (Å²) in [4.78, 5) is 12.8. The van der Waals surface area contributed by atoms with Crippen molar-refractivity contribution >= 4 is 15.7 Å². The highest BCUT2D eigenvalue weighted by Crippen LogP contribution is 2.51. The molecule has 2 atom stereocenters. The molecule has 0 aromatic heterocycles. The fourth-order valence-electron chi connectivity index (χ4n) is 3.61. The summed E-state index contributed by atoms with van der Waals surface area (Å²) in [6, 6.07) is -0.0709. The lowest BCUT2D eigenvalue weighted by Gasteiger charge is -2.59. The van der Waals surface area contributed by atoms with E-state index in [1.165, 1.54) is 6.26 Å². The third kappa shape index (κ3) is 2.47. The standard InChI is InChI=1S/C15H28N2O4S/c1-13(2)11(10-14(13,3)21-4)17-12(18)15(22(5,19)20)6-8-16-9-7-15/h11,16H,6-10H2,1-5H3,(H,17,18). The Kier molecular flexibility index (Phi) is 4.39. The molecule has 1 aliphatic carbocycles. The van der Waals surface area contributed by atoms with Gasteiger partial charge in [-0.15, -0.1) is 0 Å². The second-order valence-electron chi connectivity index (χ2n) is 7.40. The van der Waals surface area contributed by atoms with Crippen LogP contribution >= 0.6 is 0 Å². The van der Waals surface area contributed by atoms with Gasteiger partial charge in [-0.05, 0) is 39.3 Å². The van der Waals surface area contributed by atoms with Crippen LogP contribution in [0.3, 0.4) is 0 Å². The van der Waals surface area contributed by atoms with Gasteiger partial charge in [-0.2, -0.15) is 0 Å². The van der Waals surface area contributed by atoms with Gasteiger partial charge in [-0.25, -0.2) is 8.42 Å². The average molecular weight is 332 g/mol. The van der Waals surface area contributed by atoms with Gasteiger partial charge in [-0.1, -0.05) is 13.8 Å². The van der Waals surface area contributed by atoms with E-state index in [9.17, 15) is 13.2 Å². The maximum atomic E-state index is 12.8. The quantitative estimate of drug-likeness (QED) is 0.782. The number of carbonyl (C=O) groups excluding carboxylic acids is 1. The summed E-state index contributed by atoms with van der Waals surface area (Å²) in [7, 11) is -1.80. The molecule has 2 aliphatic rings. The largest absolute Gasteiger partial charge is 0.378 e. The molecule has 2 unspecified atom stereocenters. The van der Waals surface area contributed by atoms with E-state index in [-0.39, 0.29) is 23.0 Å². The van der Waals surface area contributed by atoms with E-state index in [0.29, 0.717) is 32.4 Å². The van der Waals surface area contributed by atoms with Gasteiger partial charge in [0.1, 0.15) is 0 Å². The fraction of sp³-hybridized carbons (Fsp3) is 0.933. The molecule has 0 aromatic rings. The predicted octanol–water partition coefficient (Wildman–Crippen LogP) is 0.473. The van der Waals surface area contributed by atoms with Gasteiger partial charge in [0.25, 0.3) is 0 Å². The highest BCUT2D eigenvalue weighted by molar-refractivity contribution is 7.92. The van der Waals surface area contributed by atoms with Crippen LogP contribution in [0.5, 0.6) is 0 Å². The van der Waals surface area contributed by atoms with E-state index in [1.807, 2.05) is 20.8 Å². The van der Waals surface area contributed by atoms with Gasteiger partial charge in [0.15, 0.2) is 14.6 Å². The highest BCUT2D eigenvalue weighted by atomic mass is 32.2. The lowest BCUT2D eigenvalue weighted by atomic mass is 9.55. The molecule has 1 aliphatic heterocycles. The third-order valence-corrected chi connectivity index (χ3v) is 8.13. The predicted molar refractivity (Wildman–Crippen MR) is 85.4 cm³/mol. The summed E-state index contributed by atoms with van der Waals surface area (Å²) in [5, 5.41) is 6.11. The lowest BCUT2D eigenvalue weighted by molar-refractivity contribution is -0.183. The normalized spacial score (nSPS) is 33.8. The summed E-state index contributed by atoms with van der Waals surface area (Å²) in [5.74, 6) is -0.354. The monoisotopic (exact) mass is 332 g/mol. The first-order valence-corrected chi connectivity index (χ1v) is 9.66. The molecule has 7 heteroatoms. The average Bonchev–Trinajstić information content (AvgIpc) is 2.45. The number of carbonyl (C=O) groups is 1. The van der Waals surface area contributed by atoms with Crippen LogP contribution in [0.2, 0.25) is 0 Å². The zero-order valence-corrected chi connectivity index (χ0v) is 15.0. The Morgan fingerprint density at radius 3 is 2.18 bits per heavy atom. The Balaban J connectivity index is 2.18. The van der Waals surface area contributed by atoms with Crippen molar-refractivity contribution in [2.75, 3.05) is 26.5 Å². The minimum atomic E-state index is -3.47. The van der Waals surface area contributed by atoms with Crippen LogP contribution in [0.4, 0.5) is 0 Å². The van der Waals surface area contributed by atoms with E-state index in [2.05, 4.69) is 10.6 Å². The maximum Gasteiger partial charge on any atom is 0.241 e. The lowest BCUT2D eigenvalue weighted by Crippen LogP contribution is -2.71. The van der Waals surface area contributed by atoms with Gasteiger partial charge in [0.2, 0.25) is 5.91 Å². The summed E-state index contributed by atoms with van der Waals surface area (Å²) >= 11 is 0. The maximum absolute atomic E-state index is 12.8. The number of hydrogen-bond donors (Lipinski definition) is 2. The minimum absolute atomic E-state index is 0.0709. The molecule has 6 nitrogen and oxygen atoms in total.